The molecule has 0 radical (unpaired) electrons. The third-order valence-corrected chi connectivity index (χ3v) is 10.6. The van der Waals surface area contributed by atoms with Gasteiger partial charge in [0.1, 0.15) is 22.0 Å². The molecule has 6 rings (SSSR count). The fourth-order valence-corrected chi connectivity index (χ4v) is 8.12. The maximum atomic E-state index is 14.0. The van der Waals surface area contributed by atoms with Crippen molar-refractivity contribution in [1.82, 2.24) is 5.32 Å². The Labute approximate surface area is 294 Å². The number of hydrogen-bond acceptors (Lipinski definition) is 6. The number of rotatable bonds is 10. The zero-order chi connectivity index (χ0) is 34.2. The number of thiophene rings is 1. The second-order valence-corrected chi connectivity index (χ2v) is 14.1. The minimum absolute atomic E-state index is 0.0842. The van der Waals surface area contributed by atoms with Gasteiger partial charge < -0.3 is 16.0 Å². The van der Waals surface area contributed by atoms with Crippen molar-refractivity contribution in [2.45, 2.75) is 36.3 Å². The fraction of sp³-hybridized carbons (Fsp3) is 0.150. The molecule has 244 valence electrons. The summed E-state index contributed by atoms with van der Waals surface area (Å²) in [6.07, 6.45) is 4.42. The highest BCUT2D eigenvalue weighted by molar-refractivity contribution is 8.00. The van der Waals surface area contributed by atoms with E-state index in [-0.39, 0.29) is 11.6 Å². The number of nitrogens with one attached hydrogen (secondary N) is 3. The monoisotopic (exact) mass is 682 g/mol. The summed E-state index contributed by atoms with van der Waals surface area (Å²) in [6, 6.07) is 37.1. The number of thioether (sulfide) groups is 1. The van der Waals surface area contributed by atoms with Gasteiger partial charge in [0.25, 0.3) is 11.8 Å². The van der Waals surface area contributed by atoms with E-state index in [0.29, 0.717) is 27.7 Å². The van der Waals surface area contributed by atoms with Crippen LogP contribution in [0.15, 0.2) is 126 Å². The van der Waals surface area contributed by atoms with Crippen molar-refractivity contribution in [2.75, 3.05) is 10.6 Å². The smallest absolute Gasteiger partial charge is 0.272 e. The van der Waals surface area contributed by atoms with Gasteiger partial charge in [0, 0.05) is 21.0 Å². The number of anilines is 2. The number of hydrogen-bond donors (Lipinski definition) is 3. The minimum Gasteiger partial charge on any atom is -0.321 e. The first-order chi connectivity index (χ1) is 23.9. The van der Waals surface area contributed by atoms with Crippen molar-refractivity contribution in [3.63, 3.8) is 0 Å². The molecule has 1 aromatic heterocycles. The molecule has 0 aliphatic heterocycles. The highest BCUT2D eigenvalue weighted by atomic mass is 32.2. The van der Waals surface area contributed by atoms with Gasteiger partial charge in [-0.1, -0.05) is 91.9 Å². The quantitative estimate of drug-likeness (QED) is 0.101. The van der Waals surface area contributed by atoms with Gasteiger partial charge in [0.05, 0.1) is 5.56 Å². The average molecular weight is 683 g/mol. The third kappa shape index (κ3) is 8.36. The lowest BCUT2D eigenvalue weighted by molar-refractivity contribution is -0.116. The number of carbonyl (C=O) groups excluding carboxylic acids is 3. The molecule has 49 heavy (non-hydrogen) atoms. The van der Waals surface area contributed by atoms with E-state index >= 15 is 0 Å². The second-order valence-electron chi connectivity index (χ2n) is 11.8. The summed E-state index contributed by atoms with van der Waals surface area (Å²) in [5.74, 6) is -0.579. The van der Waals surface area contributed by atoms with Gasteiger partial charge in [0.2, 0.25) is 5.91 Å². The highest BCUT2D eigenvalue weighted by Gasteiger charge is 2.28. The zero-order valence-electron chi connectivity index (χ0n) is 26.8. The summed E-state index contributed by atoms with van der Waals surface area (Å²) in [6.45, 7) is 2.22. The molecule has 0 saturated heterocycles. The van der Waals surface area contributed by atoms with Crippen LogP contribution in [-0.4, -0.2) is 17.7 Å². The lowest BCUT2D eigenvalue weighted by atomic mass is 9.88. The Morgan fingerprint density at radius 3 is 2.31 bits per heavy atom. The molecule has 0 bridgehead atoms. The van der Waals surface area contributed by atoms with Gasteiger partial charge in [-0.15, -0.1) is 23.1 Å². The number of nitriles is 1. The van der Waals surface area contributed by atoms with Crippen LogP contribution in [0.25, 0.3) is 6.08 Å². The van der Waals surface area contributed by atoms with Crippen LogP contribution in [0.4, 0.5) is 10.7 Å². The molecule has 9 heteroatoms. The summed E-state index contributed by atoms with van der Waals surface area (Å²) < 4.78 is 0. The largest absolute Gasteiger partial charge is 0.321 e. The molecule has 5 aromatic rings. The van der Waals surface area contributed by atoms with Gasteiger partial charge >= 0.3 is 0 Å². The molecule has 3 N–H and O–H groups in total. The molecular weight excluding hydrogens is 649 g/mol. The molecule has 2 unspecified atom stereocenters. The Bertz CT molecular complexity index is 2040. The molecule has 3 amide bonds. The van der Waals surface area contributed by atoms with Gasteiger partial charge in [-0.25, -0.2) is 0 Å². The first-order valence-corrected chi connectivity index (χ1v) is 17.7. The lowest BCUT2D eigenvalue weighted by Crippen LogP contribution is -2.30. The van der Waals surface area contributed by atoms with Crippen molar-refractivity contribution in [3.05, 3.63) is 154 Å². The molecule has 4 aromatic carbocycles. The Morgan fingerprint density at radius 2 is 1.59 bits per heavy atom. The van der Waals surface area contributed by atoms with E-state index in [9.17, 15) is 19.6 Å². The van der Waals surface area contributed by atoms with Crippen molar-refractivity contribution in [1.29, 1.82) is 5.26 Å². The summed E-state index contributed by atoms with van der Waals surface area (Å²) >= 11 is 2.86. The van der Waals surface area contributed by atoms with Crippen LogP contribution < -0.4 is 16.0 Å². The first-order valence-electron chi connectivity index (χ1n) is 16.0. The van der Waals surface area contributed by atoms with E-state index in [1.165, 1.54) is 28.0 Å². The van der Waals surface area contributed by atoms with Crippen LogP contribution in [0.5, 0.6) is 0 Å². The Hall–Kier alpha value is -5.43. The Kier molecular flexibility index (Phi) is 10.7. The maximum Gasteiger partial charge on any atom is 0.272 e. The maximum absolute atomic E-state index is 14.0. The normalized spacial score (nSPS) is 14.5. The minimum atomic E-state index is -0.629. The molecular formula is C40H34N4O3S2. The molecule has 1 aliphatic carbocycles. The van der Waals surface area contributed by atoms with Crippen LogP contribution in [0, 0.1) is 17.2 Å². The van der Waals surface area contributed by atoms with Gasteiger partial charge in [-0.2, -0.15) is 5.26 Å². The van der Waals surface area contributed by atoms with Crippen LogP contribution in [0.1, 0.15) is 56.1 Å². The predicted molar refractivity (Wildman–Crippen MR) is 197 cm³/mol. The molecule has 0 saturated carbocycles. The topological polar surface area (TPSA) is 111 Å². The molecule has 0 spiro atoms. The van der Waals surface area contributed by atoms with Crippen LogP contribution in [-0.2, 0) is 22.4 Å². The van der Waals surface area contributed by atoms with Crippen LogP contribution in [0.2, 0.25) is 0 Å². The van der Waals surface area contributed by atoms with E-state index in [2.05, 4.69) is 28.9 Å². The number of benzene rings is 4. The van der Waals surface area contributed by atoms with Gasteiger partial charge in [-0.3, -0.25) is 14.4 Å². The summed E-state index contributed by atoms with van der Waals surface area (Å²) in [5, 5.41) is 18.7. The summed E-state index contributed by atoms with van der Waals surface area (Å²) in [4.78, 5) is 42.5. The Balaban J connectivity index is 1.23. The lowest BCUT2D eigenvalue weighted by Gasteiger charge is -2.18. The van der Waals surface area contributed by atoms with E-state index in [4.69, 9.17) is 0 Å². The van der Waals surface area contributed by atoms with E-state index < -0.39 is 17.1 Å². The molecule has 2 atom stereocenters. The fourth-order valence-electron chi connectivity index (χ4n) is 5.68. The molecule has 7 nitrogen and oxygen atoms in total. The molecule has 0 fully saturated rings. The number of amides is 3. The van der Waals surface area contributed by atoms with E-state index in [0.717, 1.165) is 40.8 Å². The van der Waals surface area contributed by atoms with Gasteiger partial charge in [0.15, 0.2) is 0 Å². The Morgan fingerprint density at radius 1 is 0.898 bits per heavy atom. The molecule has 1 aliphatic rings. The third-order valence-electron chi connectivity index (χ3n) is 8.19. The summed E-state index contributed by atoms with van der Waals surface area (Å²) in [5.41, 5.74) is 4.21. The van der Waals surface area contributed by atoms with Crippen molar-refractivity contribution in [3.8, 4) is 6.07 Å². The standard InChI is InChI=1S/C40H34N4O3S2/c1-26-20-21-32-33(25-41)40(49-35(32)22-26)44-39(47)36(28-14-7-3-8-15-28)48-31-19-11-18-30(24-31)42-38(46)34(23-27-12-5-2-6-13-27)43-37(45)29-16-9-4-10-17-29/h2-19,23-24,26,36H,20-22H2,1H3,(H,42,46)(H,43,45)(H,44,47)/b34-23-. The van der Waals surface area contributed by atoms with Gasteiger partial charge in [-0.05, 0) is 78.3 Å². The van der Waals surface area contributed by atoms with E-state index in [1.54, 1.807) is 42.5 Å². The average Bonchev–Trinajstić information content (AvgIpc) is 3.47. The van der Waals surface area contributed by atoms with Crippen molar-refractivity contribution >= 4 is 57.6 Å². The van der Waals surface area contributed by atoms with Crippen LogP contribution >= 0.6 is 23.1 Å². The SMILES string of the molecule is CC1CCc2c(sc(NC(=O)C(Sc3cccc(NC(=O)/C(=C/c4ccccc4)NC(=O)c4ccccc4)c3)c3ccccc3)c2C#N)C1. The summed E-state index contributed by atoms with van der Waals surface area (Å²) in [7, 11) is 0. The number of nitrogens with zero attached hydrogens (tertiary/aromatic N) is 1. The predicted octanol–water partition coefficient (Wildman–Crippen LogP) is 8.63. The van der Waals surface area contributed by atoms with E-state index in [1.807, 2.05) is 78.9 Å². The van der Waals surface area contributed by atoms with Crippen LogP contribution in [0.3, 0.4) is 0 Å². The number of fused-ring (bicyclic) bond motifs is 1. The second kappa shape index (κ2) is 15.6. The number of carbonyl (C=O) groups is 3. The highest BCUT2D eigenvalue weighted by Crippen LogP contribution is 2.42. The van der Waals surface area contributed by atoms with Crippen molar-refractivity contribution in [2.24, 2.45) is 5.92 Å². The first kappa shape index (κ1) is 33.5. The zero-order valence-corrected chi connectivity index (χ0v) is 28.4. The molecule has 1 heterocycles. The van der Waals surface area contributed by atoms with Crippen molar-refractivity contribution < 1.29 is 14.4 Å².